The van der Waals surface area contributed by atoms with E-state index < -0.39 is 0 Å². The number of carbonyl (C=O) groups is 1. The second kappa shape index (κ2) is 9.41. The molecule has 1 unspecified atom stereocenters. The predicted molar refractivity (Wildman–Crippen MR) is 124 cm³/mol. The summed E-state index contributed by atoms with van der Waals surface area (Å²) < 4.78 is 5.30. The number of anilines is 1. The van der Waals surface area contributed by atoms with Crippen molar-refractivity contribution in [1.82, 2.24) is 16.1 Å². The normalized spacial score (nSPS) is 16.1. The zero-order valence-electron chi connectivity index (χ0n) is 17.4. The summed E-state index contributed by atoms with van der Waals surface area (Å²) in [6.07, 6.45) is 1.56. The Kier molecular flexibility index (Phi) is 6.68. The summed E-state index contributed by atoms with van der Waals surface area (Å²) in [6.45, 7) is 1.83. The van der Waals surface area contributed by atoms with Crippen molar-refractivity contribution in [3.63, 3.8) is 0 Å². The monoisotopic (exact) mass is 423 g/mol. The highest BCUT2D eigenvalue weighted by atomic mass is 32.1. The Labute approximate surface area is 181 Å². The van der Waals surface area contributed by atoms with Crippen molar-refractivity contribution in [1.29, 1.82) is 0 Å². The molecule has 2 aromatic carbocycles. The van der Waals surface area contributed by atoms with Gasteiger partial charge in [0.25, 0.3) is 5.91 Å². The molecule has 3 N–H and O–H groups in total. The number of carbonyl (C=O) groups excluding carboxylic acids is 1. The van der Waals surface area contributed by atoms with Gasteiger partial charge in [-0.3, -0.25) is 4.79 Å². The van der Waals surface area contributed by atoms with Gasteiger partial charge in [-0.05, 0) is 49.0 Å². The van der Waals surface area contributed by atoms with Gasteiger partial charge in [0.2, 0.25) is 0 Å². The number of ether oxygens (including phenoxy) is 1. The minimum Gasteiger partial charge on any atom is -0.496 e. The van der Waals surface area contributed by atoms with Gasteiger partial charge in [-0.2, -0.15) is 5.10 Å². The van der Waals surface area contributed by atoms with Gasteiger partial charge in [0.1, 0.15) is 5.75 Å². The van der Waals surface area contributed by atoms with Crippen LogP contribution < -0.4 is 25.7 Å². The fourth-order valence-corrected chi connectivity index (χ4v) is 3.47. The number of para-hydroxylation sites is 1. The lowest BCUT2D eigenvalue weighted by atomic mass is 9.95. The molecule has 0 fully saturated rings. The van der Waals surface area contributed by atoms with Crippen molar-refractivity contribution in [2.45, 2.75) is 13.0 Å². The topological polar surface area (TPSA) is 78.0 Å². The Morgan fingerprint density at radius 2 is 1.90 bits per heavy atom. The second-order valence-corrected chi connectivity index (χ2v) is 7.41. The lowest BCUT2D eigenvalue weighted by molar-refractivity contribution is -0.117. The number of benzene rings is 2. The third kappa shape index (κ3) is 4.77. The van der Waals surface area contributed by atoms with Crippen molar-refractivity contribution in [2.75, 3.05) is 26.1 Å². The molecule has 8 heteroatoms. The first-order valence-corrected chi connectivity index (χ1v) is 9.83. The molecule has 2 aromatic rings. The summed E-state index contributed by atoms with van der Waals surface area (Å²) in [5.41, 5.74) is 6.60. The third-order valence-corrected chi connectivity index (χ3v) is 4.99. The predicted octanol–water partition coefficient (Wildman–Crippen LogP) is 2.70. The number of nitrogens with zero attached hydrogens (tertiary/aromatic N) is 2. The zero-order chi connectivity index (χ0) is 21.7. The molecule has 30 heavy (non-hydrogen) atoms. The minimum absolute atomic E-state index is 0.317. The van der Waals surface area contributed by atoms with Crippen LogP contribution in [0.2, 0.25) is 0 Å². The van der Waals surface area contributed by atoms with E-state index in [-0.39, 0.29) is 11.9 Å². The van der Waals surface area contributed by atoms with Crippen molar-refractivity contribution in [3.05, 3.63) is 70.9 Å². The van der Waals surface area contributed by atoms with Crippen LogP contribution in [-0.4, -0.2) is 38.4 Å². The smallest absolute Gasteiger partial charge is 0.271 e. The van der Waals surface area contributed by atoms with Gasteiger partial charge in [0, 0.05) is 31.0 Å². The molecule has 156 valence electrons. The molecule has 1 heterocycles. The van der Waals surface area contributed by atoms with E-state index in [2.05, 4.69) is 21.2 Å². The average molecular weight is 424 g/mol. The Balaban J connectivity index is 1.83. The van der Waals surface area contributed by atoms with Gasteiger partial charge >= 0.3 is 0 Å². The van der Waals surface area contributed by atoms with Gasteiger partial charge in [-0.15, -0.1) is 0 Å². The lowest BCUT2D eigenvalue weighted by Crippen LogP contribution is -2.46. The molecular formula is C22H25N5O2S. The van der Waals surface area contributed by atoms with Crippen molar-refractivity contribution >= 4 is 35.1 Å². The van der Waals surface area contributed by atoms with E-state index in [0.29, 0.717) is 22.1 Å². The van der Waals surface area contributed by atoms with Crippen LogP contribution in [0.3, 0.4) is 0 Å². The van der Waals surface area contributed by atoms with Crippen LogP contribution in [-0.2, 0) is 4.79 Å². The number of methoxy groups -OCH3 is 1. The second-order valence-electron chi connectivity index (χ2n) is 7.00. The van der Waals surface area contributed by atoms with Crippen molar-refractivity contribution < 1.29 is 9.53 Å². The van der Waals surface area contributed by atoms with E-state index in [9.17, 15) is 4.79 Å². The number of hydrogen-bond donors (Lipinski definition) is 3. The van der Waals surface area contributed by atoms with E-state index in [1.807, 2.05) is 74.4 Å². The van der Waals surface area contributed by atoms with E-state index >= 15 is 0 Å². The Morgan fingerprint density at radius 3 is 2.57 bits per heavy atom. The average Bonchev–Trinajstić information content (AvgIpc) is 2.73. The van der Waals surface area contributed by atoms with Gasteiger partial charge in [0.15, 0.2) is 5.11 Å². The summed E-state index contributed by atoms with van der Waals surface area (Å²) in [7, 11) is 5.55. The fraction of sp³-hybridized carbons (Fsp3) is 0.227. The molecule has 7 nitrogen and oxygen atoms in total. The largest absolute Gasteiger partial charge is 0.496 e. The van der Waals surface area contributed by atoms with Crippen LogP contribution in [0.1, 0.15) is 24.1 Å². The first kappa shape index (κ1) is 21.3. The Bertz CT molecular complexity index is 999. The fourth-order valence-electron chi connectivity index (χ4n) is 3.20. The molecular weight excluding hydrogens is 398 g/mol. The first-order chi connectivity index (χ1) is 14.4. The van der Waals surface area contributed by atoms with Gasteiger partial charge in [-0.25, -0.2) is 5.43 Å². The van der Waals surface area contributed by atoms with Crippen molar-refractivity contribution in [3.8, 4) is 5.75 Å². The number of nitrogens with one attached hydrogen (secondary N) is 3. The standard InChI is InChI=1S/C22H25N5O2S/c1-14-19(21(28)26-23-13-16-7-5-6-8-18(16)29-4)20(25-22(30)24-14)15-9-11-17(12-10-15)27(2)3/h5-13,20H,1-4H3,(H,26,28)(H2,24,25,30). The number of hydrazone groups is 1. The van der Waals surface area contributed by atoms with Crippen LogP contribution in [0.15, 0.2) is 64.9 Å². The molecule has 0 aromatic heterocycles. The highest BCUT2D eigenvalue weighted by molar-refractivity contribution is 7.80. The quantitative estimate of drug-likeness (QED) is 0.377. The van der Waals surface area contributed by atoms with Crippen LogP contribution >= 0.6 is 12.2 Å². The van der Waals surface area contributed by atoms with E-state index in [1.54, 1.807) is 13.3 Å². The SMILES string of the molecule is COc1ccccc1C=NNC(=O)C1=C(C)NC(=S)NC1c1ccc(N(C)C)cc1. The number of thiocarbonyl (C=S) groups is 1. The molecule has 3 rings (SSSR count). The van der Waals surface area contributed by atoms with E-state index in [1.165, 1.54) is 0 Å². The maximum atomic E-state index is 13.0. The molecule has 1 amide bonds. The molecule has 1 aliphatic rings. The molecule has 0 saturated heterocycles. The Hall–Kier alpha value is -3.39. The number of rotatable bonds is 6. The maximum Gasteiger partial charge on any atom is 0.271 e. The van der Waals surface area contributed by atoms with Crippen LogP contribution in [0, 0.1) is 0 Å². The number of hydrogen-bond acceptors (Lipinski definition) is 5. The molecule has 0 spiro atoms. The Morgan fingerprint density at radius 1 is 1.20 bits per heavy atom. The molecule has 0 bridgehead atoms. The molecule has 1 atom stereocenters. The summed E-state index contributed by atoms with van der Waals surface area (Å²) in [5, 5.41) is 10.8. The molecule has 0 saturated carbocycles. The number of amides is 1. The van der Waals surface area contributed by atoms with E-state index in [4.69, 9.17) is 17.0 Å². The molecule has 0 radical (unpaired) electrons. The summed E-state index contributed by atoms with van der Waals surface area (Å²) in [6, 6.07) is 15.0. The van der Waals surface area contributed by atoms with Gasteiger partial charge in [-0.1, -0.05) is 24.3 Å². The molecule has 0 aliphatic carbocycles. The minimum atomic E-state index is -0.378. The van der Waals surface area contributed by atoms with Crippen LogP contribution in [0.25, 0.3) is 0 Å². The zero-order valence-corrected chi connectivity index (χ0v) is 18.2. The highest BCUT2D eigenvalue weighted by Crippen LogP contribution is 2.28. The van der Waals surface area contributed by atoms with Crippen LogP contribution in [0.4, 0.5) is 5.69 Å². The lowest BCUT2D eigenvalue weighted by Gasteiger charge is -2.30. The molecule has 1 aliphatic heterocycles. The number of allylic oxidation sites excluding steroid dienone is 1. The van der Waals surface area contributed by atoms with E-state index in [0.717, 1.165) is 16.8 Å². The highest BCUT2D eigenvalue weighted by Gasteiger charge is 2.29. The summed E-state index contributed by atoms with van der Waals surface area (Å²) in [4.78, 5) is 15.0. The van der Waals surface area contributed by atoms with Crippen LogP contribution in [0.5, 0.6) is 5.75 Å². The van der Waals surface area contributed by atoms with Gasteiger partial charge < -0.3 is 20.3 Å². The third-order valence-electron chi connectivity index (χ3n) is 4.77. The summed E-state index contributed by atoms with van der Waals surface area (Å²) >= 11 is 5.31. The summed E-state index contributed by atoms with van der Waals surface area (Å²) in [5.74, 6) is 0.360. The van der Waals surface area contributed by atoms with Gasteiger partial charge in [0.05, 0.1) is 24.9 Å². The maximum absolute atomic E-state index is 13.0. The first-order valence-electron chi connectivity index (χ1n) is 9.42. The van der Waals surface area contributed by atoms with Crippen molar-refractivity contribution in [2.24, 2.45) is 5.10 Å².